The maximum atomic E-state index is 12.8. The summed E-state index contributed by atoms with van der Waals surface area (Å²) in [4.78, 5) is 17.9. The van der Waals surface area contributed by atoms with Crippen LogP contribution in [0.4, 0.5) is 5.69 Å². The van der Waals surface area contributed by atoms with E-state index in [9.17, 15) is 13.2 Å². The number of nitrogens with one attached hydrogen (secondary N) is 1. The number of nitrogens with zero attached hydrogens (tertiary/aromatic N) is 2. The summed E-state index contributed by atoms with van der Waals surface area (Å²) in [6, 6.07) is 18.6. The Bertz CT molecular complexity index is 1470. The van der Waals surface area contributed by atoms with Crippen LogP contribution in [-0.2, 0) is 17.1 Å². The first kappa shape index (κ1) is 21.0. The Labute approximate surface area is 184 Å². The van der Waals surface area contributed by atoms with E-state index in [1.54, 1.807) is 36.4 Å². The van der Waals surface area contributed by atoms with Crippen molar-refractivity contribution in [2.45, 2.75) is 18.7 Å². The van der Waals surface area contributed by atoms with Crippen molar-refractivity contribution in [3.8, 4) is 0 Å². The number of aromatic nitrogens is 1. The monoisotopic (exact) mass is 451 g/mol. The van der Waals surface area contributed by atoms with E-state index in [2.05, 4.69) is 21.8 Å². The van der Waals surface area contributed by atoms with Crippen LogP contribution in [0.25, 0.3) is 10.2 Å². The summed E-state index contributed by atoms with van der Waals surface area (Å²) >= 11 is 1.45. The lowest BCUT2D eigenvalue weighted by atomic mass is 10.1. The Morgan fingerprint density at radius 2 is 1.74 bits per heavy atom. The molecule has 0 unspecified atom stereocenters. The van der Waals surface area contributed by atoms with Gasteiger partial charge >= 0.3 is 0 Å². The van der Waals surface area contributed by atoms with Crippen LogP contribution in [0.2, 0.25) is 0 Å². The first-order chi connectivity index (χ1) is 14.7. The van der Waals surface area contributed by atoms with Crippen molar-refractivity contribution in [3.05, 3.63) is 88.2 Å². The van der Waals surface area contributed by atoms with Gasteiger partial charge in [-0.3, -0.25) is 9.52 Å². The first-order valence-corrected chi connectivity index (χ1v) is 11.9. The number of hydrogen-bond acceptors (Lipinski definition) is 4. The quantitative estimate of drug-likeness (QED) is 0.499. The van der Waals surface area contributed by atoms with Gasteiger partial charge in [-0.1, -0.05) is 41.7 Å². The lowest BCUT2D eigenvalue weighted by molar-refractivity contribution is 0.0998. The summed E-state index contributed by atoms with van der Waals surface area (Å²) in [5.74, 6) is -0.433. The summed E-state index contributed by atoms with van der Waals surface area (Å²) in [7, 11) is -1.85. The van der Waals surface area contributed by atoms with E-state index in [1.165, 1.54) is 29.5 Å². The number of amides is 1. The minimum atomic E-state index is -3.74. The molecule has 0 saturated heterocycles. The predicted molar refractivity (Wildman–Crippen MR) is 124 cm³/mol. The lowest BCUT2D eigenvalue weighted by Gasteiger charge is -2.08. The van der Waals surface area contributed by atoms with Crippen molar-refractivity contribution in [3.63, 3.8) is 0 Å². The molecule has 4 aromatic rings. The molecule has 1 aromatic heterocycles. The molecule has 0 aliphatic rings. The first-order valence-electron chi connectivity index (χ1n) is 9.58. The van der Waals surface area contributed by atoms with Gasteiger partial charge in [0.05, 0.1) is 15.1 Å². The molecule has 1 amide bonds. The zero-order valence-corrected chi connectivity index (χ0v) is 18.9. The van der Waals surface area contributed by atoms with Crippen molar-refractivity contribution in [1.29, 1.82) is 0 Å². The topological polar surface area (TPSA) is 80.5 Å². The molecule has 1 heterocycles. The molecule has 0 saturated carbocycles. The van der Waals surface area contributed by atoms with E-state index >= 15 is 0 Å². The third kappa shape index (κ3) is 4.30. The van der Waals surface area contributed by atoms with E-state index < -0.39 is 15.9 Å². The van der Waals surface area contributed by atoms with Crippen LogP contribution < -0.4 is 9.52 Å². The highest BCUT2D eigenvalue weighted by Gasteiger charge is 2.15. The summed E-state index contributed by atoms with van der Waals surface area (Å²) in [6.07, 6.45) is 0. The highest BCUT2D eigenvalue weighted by molar-refractivity contribution is 7.92. The van der Waals surface area contributed by atoms with Gasteiger partial charge in [0.15, 0.2) is 4.80 Å². The largest absolute Gasteiger partial charge is 0.319 e. The molecule has 1 N–H and O–H groups in total. The van der Waals surface area contributed by atoms with Crippen molar-refractivity contribution >= 4 is 43.2 Å². The molecule has 0 atom stereocenters. The van der Waals surface area contributed by atoms with E-state index in [0.717, 1.165) is 21.3 Å². The molecule has 8 heteroatoms. The molecule has 4 rings (SSSR count). The smallest absolute Gasteiger partial charge is 0.279 e. The summed E-state index contributed by atoms with van der Waals surface area (Å²) < 4.78 is 30.6. The highest BCUT2D eigenvalue weighted by Crippen LogP contribution is 2.22. The van der Waals surface area contributed by atoms with Gasteiger partial charge in [0.1, 0.15) is 0 Å². The Hall–Kier alpha value is -3.23. The van der Waals surface area contributed by atoms with Gasteiger partial charge in [-0.15, -0.1) is 0 Å². The van der Waals surface area contributed by atoms with Gasteiger partial charge in [0, 0.05) is 18.3 Å². The molecule has 0 spiro atoms. The minimum Gasteiger partial charge on any atom is -0.319 e. The molecular weight excluding hydrogens is 430 g/mol. The van der Waals surface area contributed by atoms with Gasteiger partial charge in [-0.2, -0.15) is 4.99 Å². The van der Waals surface area contributed by atoms with E-state index in [0.29, 0.717) is 16.1 Å². The minimum absolute atomic E-state index is 0.152. The number of hydrogen-bond donors (Lipinski definition) is 1. The van der Waals surface area contributed by atoms with Crippen LogP contribution >= 0.6 is 11.3 Å². The summed E-state index contributed by atoms with van der Waals surface area (Å²) in [5.41, 5.74) is 3.94. The number of benzene rings is 3. The van der Waals surface area contributed by atoms with Crippen molar-refractivity contribution in [2.24, 2.45) is 12.0 Å². The number of anilines is 1. The number of thiazole rings is 1. The number of carbonyl (C=O) groups excluding carboxylic acids is 1. The molecule has 0 aliphatic heterocycles. The third-order valence-corrected chi connectivity index (χ3v) is 7.32. The molecule has 0 radical (unpaired) electrons. The van der Waals surface area contributed by atoms with Gasteiger partial charge < -0.3 is 4.57 Å². The second-order valence-corrected chi connectivity index (χ2v) is 9.98. The number of aryl methyl sites for hydroxylation is 3. The van der Waals surface area contributed by atoms with E-state index in [1.807, 2.05) is 25.5 Å². The van der Waals surface area contributed by atoms with Crippen LogP contribution in [0, 0.1) is 13.8 Å². The summed E-state index contributed by atoms with van der Waals surface area (Å²) in [6.45, 7) is 4.08. The maximum absolute atomic E-state index is 12.8. The predicted octanol–water partition coefficient (Wildman–Crippen LogP) is 4.40. The molecule has 0 fully saturated rings. The van der Waals surface area contributed by atoms with E-state index in [4.69, 9.17) is 0 Å². The SMILES string of the molecule is Cc1cc(C)c2c(c1)sc(=NC(=O)c1cccc(NS(=O)(=O)c3ccccc3)c1)n2C. The lowest BCUT2D eigenvalue weighted by Crippen LogP contribution is -2.15. The molecule has 0 aliphatic carbocycles. The van der Waals surface area contributed by atoms with Gasteiger partial charge in [0.25, 0.3) is 15.9 Å². The van der Waals surface area contributed by atoms with E-state index in [-0.39, 0.29) is 4.90 Å². The van der Waals surface area contributed by atoms with Crippen molar-refractivity contribution < 1.29 is 13.2 Å². The average Bonchev–Trinajstić information content (AvgIpc) is 3.03. The standard InChI is InChI=1S/C23H21N3O3S2/c1-15-12-16(2)21-20(13-15)30-23(26(21)3)24-22(27)17-8-7-9-18(14-17)25-31(28,29)19-10-5-4-6-11-19/h4-14,25H,1-3H3. The van der Waals surface area contributed by atoms with Crippen LogP contribution in [-0.4, -0.2) is 18.9 Å². The Kier molecular flexibility index (Phi) is 5.51. The Morgan fingerprint density at radius 3 is 2.48 bits per heavy atom. The van der Waals surface area contributed by atoms with Gasteiger partial charge in [0.2, 0.25) is 0 Å². The molecule has 31 heavy (non-hydrogen) atoms. The number of sulfonamides is 1. The van der Waals surface area contributed by atoms with Crippen molar-refractivity contribution in [1.82, 2.24) is 4.57 Å². The second kappa shape index (κ2) is 8.13. The number of rotatable bonds is 4. The maximum Gasteiger partial charge on any atom is 0.279 e. The fraction of sp³-hybridized carbons (Fsp3) is 0.130. The molecular formula is C23H21N3O3S2. The normalized spacial score (nSPS) is 12.3. The van der Waals surface area contributed by atoms with Crippen LogP contribution in [0.15, 0.2) is 76.6 Å². The Morgan fingerprint density at radius 1 is 1.00 bits per heavy atom. The second-order valence-electron chi connectivity index (χ2n) is 7.29. The fourth-order valence-corrected chi connectivity index (χ4v) is 5.73. The third-order valence-electron chi connectivity index (χ3n) is 4.85. The molecule has 3 aromatic carbocycles. The zero-order chi connectivity index (χ0) is 22.2. The molecule has 0 bridgehead atoms. The number of carbonyl (C=O) groups is 1. The van der Waals surface area contributed by atoms with Crippen LogP contribution in [0.5, 0.6) is 0 Å². The highest BCUT2D eigenvalue weighted by atomic mass is 32.2. The van der Waals surface area contributed by atoms with Crippen molar-refractivity contribution in [2.75, 3.05) is 4.72 Å². The van der Waals surface area contributed by atoms with Gasteiger partial charge in [-0.25, -0.2) is 8.42 Å². The number of fused-ring (bicyclic) bond motifs is 1. The van der Waals surface area contributed by atoms with Gasteiger partial charge in [-0.05, 0) is 61.4 Å². The van der Waals surface area contributed by atoms with Crippen LogP contribution in [0.1, 0.15) is 21.5 Å². The fourth-order valence-electron chi connectivity index (χ4n) is 3.47. The Balaban J connectivity index is 1.67. The zero-order valence-electron chi connectivity index (χ0n) is 17.3. The molecule has 158 valence electrons. The van der Waals surface area contributed by atoms with Crippen LogP contribution in [0.3, 0.4) is 0 Å². The molecule has 6 nitrogen and oxygen atoms in total. The average molecular weight is 452 g/mol. The summed E-state index contributed by atoms with van der Waals surface area (Å²) in [5, 5.41) is 0.